The van der Waals surface area contributed by atoms with E-state index in [1.54, 1.807) is 6.92 Å². The molecule has 0 aliphatic rings. The van der Waals surface area contributed by atoms with Gasteiger partial charge in [-0.25, -0.2) is 0 Å². The summed E-state index contributed by atoms with van der Waals surface area (Å²) in [4.78, 5) is 23.2. The van der Waals surface area contributed by atoms with E-state index in [2.05, 4.69) is 11.7 Å². The second-order valence-corrected chi connectivity index (χ2v) is 4.65. The fraction of sp³-hybridized carbons (Fsp3) is 0.846. The van der Waals surface area contributed by atoms with Crippen LogP contribution in [0.15, 0.2) is 0 Å². The molecule has 0 saturated carbocycles. The van der Waals surface area contributed by atoms with Crippen LogP contribution in [-0.4, -0.2) is 18.9 Å². The molecule has 0 aliphatic carbocycles. The Morgan fingerprint density at radius 1 is 1.06 bits per heavy atom. The van der Waals surface area contributed by atoms with Crippen molar-refractivity contribution >= 4 is 11.8 Å². The van der Waals surface area contributed by atoms with Crippen molar-refractivity contribution in [2.24, 2.45) is 17.8 Å². The summed E-state index contributed by atoms with van der Waals surface area (Å²) in [7, 11) is 1.38. The fourth-order valence-electron chi connectivity index (χ4n) is 2.00. The third kappa shape index (κ3) is 4.77. The summed E-state index contributed by atoms with van der Waals surface area (Å²) in [6, 6.07) is 0. The van der Waals surface area contributed by atoms with Crippen molar-refractivity contribution in [1.29, 1.82) is 0 Å². The Morgan fingerprint density at radius 3 is 2.06 bits per heavy atom. The van der Waals surface area contributed by atoms with Crippen LogP contribution in [0.3, 0.4) is 0 Å². The number of hydrogen-bond acceptors (Lipinski definition) is 3. The highest BCUT2D eigenvalue weighted by Gasteiger charge is 2.24. The van der Waals surface area contributed by atoms with Gasteiger partial charge in [0.15, 0.2) is 0 Å². The van der Waals surface area contributed by atoms with Crippen LogP contribution < -0.4 is 0 Å². The summed E-state index contributed by atoms with van der Waals surface area (Å²) in [5, 5.41) is 0. The molecule has 0 aromatic rings. The molecule has 0 aromatic heterocycles. The van der Waals surface area contributed by atoms with Crippen molar-refractivity contribution in [3.63, 3.8) is 0 Å². The van der Waals surface area contributed by atoms with Crippen molar-refractivity contribution in [1.82, 2.24) is 0 Å². The minimum absolute atomic E-state index is 0.0596. The van der Waals surface area contributed by atoms with Crippen LogP contribution in [0, 0.1) is 17.8 Å². The van der Waals surface area contributed by atoms with Crippen LogP contribution in [0.5, 0.6) is 0 Å². The Bertz CT molecular complexity index is 235. The van der Waals surface area contributed by atoms with Crippen LogP contribution in [0.25, 0.3) is 0 Å². The van der Waals surface area contributed by atoms with Crippen LogP contribution in [-0.2, 0) is 14.3 Å². The molecule has 3 atom stereocenters. The van der Waals surface area contributed by atoms with Gasteiger partial charge in [0, 0.05) is 11.8 Å². The molecule has 0 bridgehead atoms. The number of carbonyl (C=O) groups is 2. The lowest BCUT2D eigenvalue weighted by atomic mass is 9.86. The predicted octanol–water partition coefficient (Wildman–Crippen LogP) is 2.83. The number of carbonyl (C=O) groups excluding carboxylic acids is 2. The molecule has 16 heavy (non-hydrogen) atoms. The minimum atomic E-state index is -0.234. The van der Waals surface area contributed by atoms with E-state index in [0.29, 0.717) is 6.42 Å². The smallest absolute Gasteiger partial charge is 0.308 e. The number of esters is 1. The highest BCUT2D eigenvalue weighted by atomic mass is 16.5. The summed E-state index contributed by atoms with van der Waals surface area (Å²) in [6.07, 6.45) is 2.53. The number of hydrogen-bond donors (Lipinski definition) is 0. The topological polar surface area (TPSA) is 43.4 Å². The maximum absolute atomic E-state index is 11.9. The number of rotatable bonds is 7. The van der Waals surface area contributed by atoms with Crippen LogP contribution >= 0.6 is 0 Å². The molecular weight excluding hydrogens is 204 g/mol. The zero-order valence-corrected chi connectivity index (χ0v) is 11.1. The summed E-state index contributed by atoms with van der Waals surface area (Å²) < 4.78 is 4.65. The lowest BCUT2D eigenvalue weighted by Crippen LogP contribution is -2.24. The van der Waals surface area contributed by atoms with Gasteiger partial charge in [-0.3, -0.25) is 9.59 Å². The Labute approximate surface area is 98.6 Å². The van der Waals surface area contributed by atoms with Gasteiger partial charge in [-0.1, -0.05) is 34.1 Å². The lowest BCUT2D eigenvalue weighted by Gasteiger charge is -2.18. The van der Waals surface area contributed by atoms with Gasteiger partial charge in [0.2, 0.25) is 0 Å². The molecule has 0 heterocycles. The molecule has 0 spiro atoms. The first-order chi connectivity index (χ1) is 7.43. The molecule has 3 heteroatoms. The van der Waals surface area contributed by atoms with Gasteiger partial charge in [0.05, 0.1) is 13.0 Å². The average molecular weight is 228 g/mol. The standard InChI is InChI=1S/C13H24O3/c1-6-7-9(2)12(14)10(3)8-11(4)13(15)16-5/h9-11H,6-8H2,1-5H3/t9-,10-,11-/m0/s1. The number of ether oxygens (including phenoxy) is 1. The summed E-state index contributed by atoms with van der Waals surface area (Å²) >= 11 is 0. The Hall–Kier alpha value is -0.860. The van der Waals surface area contributed by atoms with Crippen molar-refractivity contribution < 1.29 is 14.3 Å². The van der Waals surface area contributed by atoms with E-state index in [4.69, 9.17) is 0 Å². The molecule has 0 fully saturated rings. The second-order valence-electron chi connectivity index (χ2n) is 4.65. The van der Waals surface area contributed by atoms with Gasteiger partial charge < -0.3 is 4.74 Å². The van der Waals surface area contributed by atoms with E-state index < -0.39 is 0 Å². The molecule has 3 nitrogen and oxygen atoms in total. The van der Waals surface area contributed by atoms with E-state index in [-0.39, 0.29) is 29.5 Å². The van der Waals surface area contributed by atoms with E-state index in [9.17, 15) is 9.59 Å². The van der Waals surface area contributed by atoms with Gasteiger partial charge >= 0.3 is 5.97 Å². The summed E-state index contributed by atoms with van der Waals surface area (Å²) in [6.45, 7) is 7.74. The molecular formula is C13H24O3. The van der Waals surface area contributed by atoms with Gasteiger partial charge in [0.25, 0.3) is 0 Å². The molecule has 0 rings (SSSR count). The maximum atomic E-state index is 11.9. The second kappa shape index (κ2) is 7.42. The van der Waals surface area contributed by atoms with E-state index in [1.165, 1.54) is 7.11 Å². The van der Waals surface area contributed by atoms with Gasteiger partial charge in [-0.2, -0.15) is 0 Å². The Balaban J connectivity index is 4.19. The molecule has 94 valence electrons. The zero-order chi connectivity index (χ0) is 12.7. The number of Topliss-reactive ketones (excluding diaryl/α,β-unsaturated/α-hetero) is 1. The third-order valence-corrected chi connectivity index (χ3v) is 3.00. The van der Waals surface area contributed by atoms with Crippen molar-refractivity contribution in [3.05, 3.63) is 0 Å². The molecule has 0 aromatic carbocycles. The summed E-state index contributed by atoms with van der Waals surface area (Å²) in [5.74, 6) is -0.126. The average Bonchev–Trinajstić information content (AvgIpc) is 2.26. The Morgan fingerprint density at radius 2 is 1.62 bits per heavy atom. The fourth-order valence-corrected chi connectivity index (χ4v) is 2.00. The lowest BCUT2D eigenvalue weighted by molar-refractivity contribution is -0.145. The molecule has 0 N–H and O–H groups in total. The van der Waals surface area contributed by atoms with E-state index in [0.717, 1.165) is 12.8 Å². The molecule has 0 saturated heterocycles. The van der Waals surface area contributed by atoms with Crippen molar-refractivity contribution in [2.45, 2.75) is 47.0 Å². The highest BCUT2D eigenvalue weighted by Crippen LogP contribution is 2.19. The highest BCUT2D eigenvalue weighted by molar-refractivity contribution is 5.83. The normalized spacial score (nSPS) is 16.3. The first-order valence-corrected chi connectivity index (χ1v) is 6.05. The molecule has 0 unspecified atom stereocenters. The van der Waals surface area contributed by atoms with E-state index in [1.807, 2.05) is 13.8 Å². The van der Waals surface area contributed by atoms with Crippen LogP contribution in [0.4, 0.5) is 0 Å². The summed E-state index contributed by atoms with van der Waals surface area (Å²) in [5.41, 5.74) is 0. The van der Waals surface area contributed by atoms with Crippen LogP contribution in [0.2, 0.25) is 0 Å². The monoisotopic (exact) mass is 228 g/mol. The van der Waals surface area contributed by atoms with Crippen molar-refractivity contribution in [3.8, 4) is 0 Å². The zero-order valence-electron chi connectivity index (χ0n) is 11.1. The SMILES string of the molecule is CCC[C@H](C)C(=O)[C@@H](C)C[C@H](C)C(=O)OC. The number of ketones is 1. The quantitative estimate of drug-likeness (QED) is 0.629. The first-order valence-electron chi connectivity index (χ1n) is 6.05. The maximum Gasteiger partial charge on any atom is 0.308 e. The van der Waals surface area contributed by atoms with E-state index >= 15 is 0 Å². The van der Waals surface area contributed by atoms with Gasteiger partial charge in [0.1, 0.15) is 5.78 Å². The Kier molecular flexibility index (Phi) is 7.02. The molecule has 0 aliphatic heterocycles. The van der Waals surface area contributed by atoms with Crippen LogP contribution in [0.1, 0.15) is 47.0 Å². The largest absolute Gasteiger partial charge is 0.469 e. The molecule has 0 radical (unpaired) electrons. The third-order valence-electron chi connectivity index (χ3n) is 3.00. The van der Waals surface area contributed by atoms with Gasteiger partial charge in [-0.15, -0.1) is 0 Å². The van der Waals surface area contributed by atoms with Gasteiger partial charge in [-0.05, 0) is 12.8 Å². The van der Waals surface area contributed by atoms with Crippen molar-refractivity contribution in [2.75, 3.05) is 7.11 Å². The molecule has 0 amide bonds. The predicted molar refractivity (Wildman–Crippen MR) is 64.0 cm³/mol. The minimum Gasteiger partial charge on any atom is -0.469 e. The number of methoxy groups -OCH3 is 1. The first kappa shape index (κ1) is 15.1.